The first-order valence-corrected chi connectivity index (χ1v) is 6.61. The summed E-state index contributed by atoms with van der Waals surface area (Å²) >= 11 is 0. The van der Waals surface area contributed by atoms with Gasteiger partial charge in [-0.1, -0.05) is 20.3 Å². The number of rotatable bonds is 2. The number of hydrogen-bond donors (Lipinski definition) is 1. The smallest absolute Gasteiger partial charge is 0.335 e. The van der Waals surface area contributed by atoms with E-state index in [1.165, 1.54) is 12.8 Å². The topological polar surface area (TPSA) is 63.3 Å². The van der Waals surface area contributed by atoms with Crippen molar-refractivity contribution in [2.24, 2.45) is 5.41 Å². The molecule has 0 saturated heterocycles. The summed E-state index contributed by atoms with van der Waals surface area (Å²) in [6.07, 6.45) is 3.46. The number of aromatic carboxylic acids is 1. The Morgan fingerprint density at radius 1 is 1.47 bits per heavy atom. The van der Waals surface area contributed by atoms with Crippen LogP contribution < -0.4 is 0 Å². The molecule has 3 rings (SSSR count). The predicted octanol–water partition coefficient (Wildman–Crippen LogP) is 3.82. The van der Waals surface area contributed by atoms with Crippen LogP contribution in [-0.2, 0) is 0 Å². The third-order valence-corrected chi connectivity index (χ3v) is 4.21. The van der Waals surface area contributed by atoms with Gasteiger partial charge in [0.2, 0.25) is 0 Å². The summed E-state index contributed by atoms with van der Waals surface area (Å²) in [5, 5.41) is 8.98. The molecular weight excluding hydrogens is 242 g/mol. The summed E-state index contributed by atoms with van der Waals surface area (Å²) in [6.45, 7) is 4.48. The zero-order valence-corrected chi connectivity index (χ0v) is 11.1. The molecule has 1 aliphatic carbocycles. The van der Waals surface area contributed by atoms with Crippen LogP contribution in [0.4, 0.5) is 0 Å². The first kappa shape index (κ1) is 12.2. The molecule has 0 spiro atoms. The Bertz CT molecular complexity index is 642. The van der Waals surface area contributed by atoms with Gasteiger partial charge in [0.25, 0.3) is 0 Å². The van der Waals surface area contributed by atoms with Crippen LogP contribution in [0.5, 0.6) is 0 Å². The minimum atomic E-state index is -0.943. The van der Waals surface area contributed by atoms with E-state index in [9.17, 15) is 4.79 Å². The van der Waals surface area contributed by atoms with E-state index in [2.05, 4.69) is 18.8 Å². The number of benzene rings is 1. The Kier molecular flexibility index (Phi) is 2.62. The fraction of sp³-hybridized carbons (Fsp3) is 0.467. The van der Waals surface area contributed by atoms with E-state index >= 15 is 0 Å². The van der Waals surface area contributed by atoms with Crippen molar-refractivity contribution in [1.82, 2.24) is 4.98 Å². The van der Waals surface area contributed by atoms with Gasteiger partial charge >= 0.3 is 5.97 Å². The van der Waals surface area contributed by atoms with Gasteiger partial charge in [-0.3, -0.25) is 0 Å². The van der Waals surface area contributed by atoms with Crippen molar-refractivity contribution < 1.29 is 14.3 Å². The maximum Gasteiger partial charge on any atom is 0.335 e. The second kappa shape index (κ2) is 4.08. The summed E-state index contributed by atoms with van der Waals surface area (Å²) in [5.74, 6) is 0.134. The predicted molar refractivity (Wildman–Crippen MR) is 71.3 cm³/mol. The number of carboxylic acid groups (broad SMARTS) is 1. The van der Waals surface area contributed by atoms with Crippen molar-refractivity contribution in [3.8, 4) is 0 Å². The van der Waals surface area contributed by atoms with Crippen LogP contribution in [0, 0.1) is 5.41 Å². The number of oxazole rings is 1. The van der Waals surface area contributed by atoms with E-state index in [1.54, 1.807) is 18.2 Å². The van der Waals surface area contributed by atoms with Crippen molar-refractivity contribution in [3.05, 3.63) is 29.7 Å². The van der Waals surface area contributed by atoms with Gasteiger partial charge in [0.15, 0.2) is 11.5 Å². The maximum absolute atomic E-state index is 10.9. The van der Waals surface area contributed by atoms with Crippen LogP contribution in [0.25, 0.3) is 11.1 Å². The monoisotopic (exact) mass is 259 g/mol. The van der Waals surface area contributed by atoms with E-state index in [0.717, 1.165) is 17.8 Å². The Labute approximate surface area is 111 Å². The van der Waals surface area contributed by atoms with Crippen molar-refractivity contribution in [2.75, 3.05) is 0 Å². The third kappa shape index (κ3) is 2.01. The highest BCUT2D eigenvalue weighted by Crippen LogP contribution is 2.48. The van der Waals surface area contributed by atoms with Crippen LogP contribution in [-0.4, -0.2) is 16.1 Å². The SMILES string of the molecule is CC1(C)CCCC1c1nc2ccc(C(=O)O)cc2o1. The fourth-order valence-electron chi connectivity index (χ4n) is 3.01. The lowest BCUT2D eigenvalue weighted by atomic mass is 9.82. The molecule has 1 unspecified atom stereocenters. The average molecular weight is 259 g/mol. The van der Waals surface area contributed by atoms with E-state index in [1.807, 2.05) is 0 Å². The molecule has 1 aromatic heterocycles. The quantitative estimate of drug-likeness (QED) is 0.890. The van der Waals surface area contributed by atoms with Crippen LogP contribution in [0.3, 0.4) is 0 Å². The molecule has 1 aliphatic rings. The van der Waals surface area contributed by atoms with Crippen LogP contribution in [0.15, 0.2) is 22.6 Å². The second-order valence-electron chi connectivity index (χ2n) is 5.97. The van der Waals surface area contributed by atoms with Crippen LogP contribution in [0.2, 0.25) is 0 Å². The van der Waals surface area contributed by atoms with Crippen LogP contribution >= 0.6 is 0 Å². The highest BCUT2D eigenvalue weighted by Gasteiger charge is 2.38. The standard InChI is InChI=1S/C15H17NO3/c1-15(2)7-3-4-10(15)13-16-11-6-5-9(14(17)18)8-12(11)19-13/h5-6,8,10H,3-4,7H2,1-2H3,(H,17,18). The number of fused-ring (bicyclic) bond motifs is 1. The third-order valence-electron chi connectivity index (χ3n) is 4.21. The van der Waals surface area contributed by atoms with Gasteiger partial charge < -0.3 is 9.52 Å². The molecule has 100 valence electrons. The largest absolute Gasteiger partial charge is 0.478 e. The molecule has 1 saturated carbocycles. The highest BCUT2D eigenvalue weighted by atomic mass is 16.4. The minimum absolute atomic E-state index is 0.205. The van der Waals surface area contributed by atoms with Crippen molar-refractivity contribution in [2.45, 2.75) is 39.0 Å². The molecule has 1 fully saturated rings. The summed E-state index contributed by atoms with van der Waals surface area (Å²) in [6, 6.07) is 4.83. The summed E-state index contributed by atoms with van der Waals surface area (Å²) < 4.78 is 5.80. The molecule has 0 aliphatic heterocycles. The van der Waals surface area contributed by atoms with Gasteiger partial charge in [-0.05, 0) is 36.5 Å². The average Bonchev–Trinajstić information content (AvgIpc) is 2.89. The summed E-state index contributed by atoms with van der Waals surface area (Å²) in [7, 11) is 0. The summed E-state index contributed by atoms with van der Waals surface area (Å²) in [5.41, 5.74) is 1.75. The second-order valence-corrected chi connectivity index (χ2v) is 5.97. The number of carbonyl (C=O) groups is 1. The maximum atomic E-state index is 10.9. The molecule has 0 radical (unpaired) electrons. The molecule has 2 aromatic rings. The molecular formula is C15H17NO3. The zero-order chi connectivity index (χ0) is 13.6. The Morgan fingerprint density at radius 3 is 2.89 bits per heavy atom. The molecule has 4 nitrogen and oxygen atoms in total. The lowest BCUT2D eigenvalue weighted by molar-refractivity contribution is 0.0697. The molecule has 19 heavy (non-hydrogen) atoms. The molecule has 4 heteroatoms. The zero-order valence-electron chi connectivity index (χ0n) is 11.1. The molecule has 1 N–H and O–H groups in total. The van der Waals surface area contributed by atoms with Crippen molar-refractivity contribution in [3.63, 3.8) is 0 Å². The van der Waals surface area contributed by atoms with E-state index < -0.39 is 5.97 Å². The van der Waals surface area contributed by atoms with E-state index in [4.69, 9.17) is 9.52 Å². The van der Waals surface area contributed by atoms with Crippen molar-refractivity contribution in [1.29, 1.82) is 0 Å². The lowest BCUT2D eigenvalue weighted by Gasteiger charge is -2.23. The number of aromatic nitrogens is 1. The molecule has 1 heterocycles. The van der Waals surface area contributed by atoms with Gasteiger partial charge in [-0.25, -0.2) is 9.78 Å². The van der Waals surface area contributed by atoms with Gasteiger partial charge in [0, 0.05) is 5.92 Å². The normalized spacial score (nSPS) is 21.9. The van der Waals surface area contributed by atoms with Crippen molar-refractivity contribution >= 4 is 17.1 Å². The summed E-state index contributed by atoms with van der Waals surface area (Å²) in [4.78, 5) is 15.5. The van der Waals surface area contributed by atoms with E-state index in [-0.39, 0.29) is 11.0 Å². The number of hydrogen-bond acceptors (Lipinski definition) is 3. The van der Waals surface area contributed by atoms with Gasteiger partial charge in [0.1, 0.15) is 5.52 Å². The lowest BCUT2D eigenvalue weighted by Crippen LogP contribution is -2.15. The van der Waals surface area contributed by atoms with E-state index in [0.29, 0.717) is 11.5 Å². The Hall–Kier alpha value is -1.84. The highest BCUT2D eigenvalue weighted by molar-refractivity contribution is 5.91. The van der Waals surface area contributed by atoms with Gasteiger partial charge in [-0.15, -0.1) is 0 Å². The van der Waals surface area contributed by atoms with Crippen LogP contribution in [0.1, 0.15) is 55.3 Å². The van der Waals surface area contributed by atoms with Gasteiger partial charge in [0.05, 0.1) is 5.56 Å². The first-order valence-electron chi connectivity index (χ1n) is 6.61. The Morgan fingerprint density at radius 2 is 2.26 bits per heavy atom. The first-order chi connectivity index (χ1) is 8.97. The van der Waals surface area contributed by atoms with Gasteiger partial charge in [-0.2, -0.15) is 0 Å². The minimum Gasteiger partial charge on any atom is -0.478 e. The number of nitrogens with zero attached hydrogens (tertiary/aromatic N) is 1. The molecule has 1 aromatic carbocycles. The molecule has 0 bridgehead atoms. The Balaban J connectivity index is 2.04. The fourth-order valence-corrected chi connectivity index (χ4v) is 3.01. The molecule has 0 amide bonds. The molecule has 1 atom stereocenters. The number of carboxylic acids is 1.